The van der Waals surface area contributed by atoms with Crippen molar-refractivity contribution >= 4 is 5.91 Å². The molecular weight excluding hydrogens is 610 g/mol. The topological polar surface area (TPSA) is 110 Å². The van der Waals surface area contributed by atoms with Crippen LogP contribution < -0.4 is 5.32 Å². The highest BCUT2D eigenvalue weighted by molar-refractivity contribution is 5.81. The molecular formula is C43H77NO5. The Bertz CT molecular complexity index is 864. The molecule has 0 aliphatic rings. The number of hydrogen-bond donors (Lipinski definition) is 5. The van der Waals surface area contributed by atoms with Crippen LogP contribution in [0.4, 0.5) is 0 Å². The number of aliphatic hydroxyl groups excluding tert-OH is 4. The summed E-state index contributed by atoms with van der Waals surface area (Å²) >= 11 is 0. The molecule has 0 saturated carbocycles. The highest BCUT2D eigenvalue weighted by atomic mass is 16.3. The van der Waals surface area contributed by atoms with Crippen molar-refractivity contribution in [1.29, 1.82) is 0 Å². The molecule has 6 nitrogen and oxygen atoms in total. The van der Waals surface area contributed by atoms with E-state index in [1.165, 1.54) is 96.3 Å². The molecule has 284 valence electrons. The first-order chi connectivity index (χ1) is 24.0. The Morgan fingerprint density at radius 1 is 0.531 bits per heavy atom. The first-order valence-corrected chi connectivity index (χ1v) is 20.2. The van der Waals surface area contributed by atoms with Crippen LogP contribution in [0, 0.1) is 0 Å². The molecule has 0 radical (unpaired) electrons. The summed E-state index contributed by atoms with van der Waals surface area (Å²) in [5.74, 6) is -0.670. The molecule has 1 amide bonds. The number of amides is 1. The van der Waals surface area contributed by atoms with Crippen LogP contribution in [-0.4, -0.2) is 57.3 Å². The molecule has 0 aromatic heterocycles. The minimum absolute atomic E-state index is 0.146. The zero-order chi connectivity index (χ0) is 36.0. The monoisotopic (exact) mass is 688 g/mol. The summed E-state index contributed by atoms with van der Waals surface area (Å²) in [6.45, 7) is 3.96. The average Bonchev–Trinajstić information content (AvgIpc) is 3.11. The van der Waals surface area contributed by atoms with Gasteiger partial charge in [0.05, 0.1) is 18.8 Å². The molecule has 4 unspecified atom stereocenters. The maximum Gasteiger partial charge on any atom is 0.249 e. The van der Waals surface area contributed by atoms with Gasteiger partial charge in [-0.3, -0.25) is 4.79 Å². The Labute approximate surface area is 302 Å². The maximum absolute atomic E-state index is 12.4. The van der Waals surface area contributed by atoms with Crippen molar-refractivity contribution in [2.75, 3.05) is 6.61 Å². The van der Waals surface area contributed by atoms with E-state index in [2.05, 4.69) is 67.8 Å². The van der Waals surface area contributed by atoms with Crippen LogP contribution in [0.2, 0.25) is 0 Å². The van der Waals surface area contributed by atoms with Crippen LogP contribution in [-0.2, 0) is 4.79 Å². The Kier molecular flexibility index (Phi) is 35.8. The zero-order valence-electron chi connectivity index (χ0n) is 31.7. The van der Waals surface area contributed by atoms with Gasteiger partial charge in [-0.15, -0.1) is 0 Å². The smallest absolute Gasteiger partial charge is 0.249 e. The quantitative estimate of drug-likeness (QED) is 0.0337. The van der Waals surface area contributed by atoms with Crippen molar-refractivity contribution in [3.05, 3.63) is 60.8 Å². The Hall–Kier alpha value is -1.99. The summed E-state index contributed by atoms with van der Waals surface area (Å²) in [4.78, 5) is 12.4. The molecule has 0 aliphatic heterocycles. The number of hydrogen-bond acceptors (Lipinski definition) is 5. The fourth-order valence-electron chi connectivity index (χ4n) is 5.65. The van der Waals surface area contributed by atoms with Crippen LogP contribution in [0.25, 0.3) is 0 Å². The van der Waals surface area contributed by atoms with Gasteiger partial charge >= 0.3 is 0 Å². The normalized spacial score (nSPS) is 15.0. The number of carbonyl (C=O) groups is 1. The third kappa shape index (κ3) is 31.7. The Morgan fingerprint density at radius 3 is 1.43 bits per heavy atom. The fourth-order valence-corrected chi connectivity index (χ4v) is 5.65. The lowest BCUT2D eigenvalue weighted by Gasteiger charge is -2.27. The number of allylic oxidation sites excluding steroid dienone is 9. The SMILES string of the molecule is CCCCCCCC/C=C\C/C=C\CC(O)C(=O)NC(CO)C(O)C(O)CCC/C=C/CC/C=C/CC/C=C/CCCCCCCCCC. The molecule has 0 aliphatic carbocycles. The van der Waals surface area contributed by atoms with E-state index in [4.69, 9.17) is 0 Å². The lowest BCUT2D eigenvalue weighted by molar-refractivity contribution is -0.132. The standard InChI is InChI=1S/C43H77NO5/c1-3-5-7-9-11-13-15-17-18-19-20-21-22-23-24-25-27-28-30-32-34-36-40(46)42(48)39(38-45)44-43(49)41(47)37-35-33-31-29-26-16-14-12-10-8-6-4-2/h19-20,23-24,26,28-30,33,35,39-42,45-48H,3-18,21-22,25,27,31-32,34,36-38H2,1-2H3,(H,44,49)/b20-19+,24-23+,29-26-,30-28+,35-33-. The van der Waals surface area contributed by atoms with Crippen LogP contribution in [0.15, 0.2) is 60.8 Å². The highest BCUT2D eigenvalue weighted by Crippen LogP contribution is 2.12. The lowest BCUT2D eigenvalue weighted by Crippen LogP contribution is -2.52. The van der Waals surface area contributed by atoms with Crippen LogP contribution >= 0.6 is 0 Å². The molecule has 0 spiro atoms. The number of aliphatic hydroxyl groups is 4. The third-order valence-corrected chi connectivity index (χ3v) is 8.92. The summed E-state index contributed by atoms with van der Waals surface area (Å²) in [7, 11) is 0. The van der Waals surface area contributed by atoms with E-state index >= 15 is 0 Å². The molecule has 5 N–H and O–H groups in total. The summed E-state index contributed by atoms with van der Waals surface area (Å²) in [5.41, 5.74) is 0. The summed E-state index contributed by atoms with van der Waals surface area (Å²) < 4.78 is 0. The Balaban J connectivity index is 3.94. The predicted octanol–water partition coefficient (Wildman–Crippen LogP) is 10.1. The van der Waals surface area contributed by atoms with Crippen LogP contribution in [0.1, 0.15) is 174 Å². The van der Waals surface area contributed by atoms with Gasteiger partial charge in [0.1, 0.15) is 12.2 Å². The third-order valence-electron chi connectivity index (χ3n) is 8.92. The largest absolute Gasteiger partial charge is 0.394 e. The van der Waals surface area contributed by atoms with E-state index in [0.717, 1.165) is 44.9 Å². The van der Waals surface area contributed by atoms with Crippen molar-refractivity contribution < 1.29 is 25.2 Å². The van der Waals surface area contributed by atoms with Crippen molar-refractivity contribution in [2.45, 2.75) is 199 Å². The van der Waals surface area contributed by atoms with Crippen LogP contribution in [0.3, 0.4) is 0 Å². The minimum atomic E-state index is -1.32. The van der Waals surface area contributed by atoms with Gasteiger partial charge in [-0.25, -0.2) is 0 Å². The second kappa shape index (κ2) is 37.3. The lowest BCUT2D eigenvalue weighted by atomic mass is 10.0. The van der Waals surface area contributed by atoms with E-state index in [-0.39, 0.29) is 6.42 Å². The molecule has 0 rings (SSSR count). The van der Waals surface area contributed by atoms with Gasteiger partial charge in [0.25, 0.3) is 0 Å². The maximum atomic E-state index is 12.4. The van der Waals surface area contributed by atoms with Gasteiger partial charge in [-0.2, -0.15) is 0 Å². The van der Waals surface area contributed by atoms with Gasteiger partial charge in [0.2, 0.25) is 5.91 Å². The molecule has 0 bridgehead atoms. The molecule has 0 aromatic carbocycles. The van der Waals surface area contributed by atoms with Gasteiger partial charge in [0.15, 0.2) is 0 Å². The molecule has 0 aromatic rings. The number of carbonyl (C=O) groups excluding carboxylic acids is 1. The fraction of sp³-hybridized carbons (Fsp3) is 0.744. The minimum Gasteiger partial charge on any atom is -0.394 e. The van der Waals surface area contributed by atoms with Gasteiger partial charge < -0.3 is 25.7 Å². The second-order valence-electron chi connectivity index (χ2n) is 13.6. The van der Waals surface area contributed by atoms with Crippen molar-refractivity contribution in [2.24, 2.45) is 0 Å². The van der Waals surface area contributed by atoms with E-state index in [9.17, 15) is 25.2 Å². The van der Waals surface area contributed by atoms with Crippen LogP contribution in [0.5, 0.6) is 0 Å². The number of rotatable bonds is 35. The van der Waals surface area contributed by atoms with Crippen molar-refractivity contribution in [1.82, 2.24) is 5.32 Å². The molecule has 4 atom stereocenters. The molecule has 6 heteroatoms. The van der Waals surface area contributed by atoms with Gasteiger partial charge in [0, 0.05) is 6.42 Å². The molecule has 0 saturated heterocycles. The van der Waals surface area contributed by atoms with E-state index in [1.807, 2.05) is 6.08 Å². The zero-order valence-corrected chi connectivity index (χ0v) is 31.7. The second-order valence-corrected chi connectivity index (χ2v) is 13.6. The summed E-state index contributed by atoms with van der Waals surface area (Å²) in [5, 5.41) is 43.3. The highest BCUT2D eigenvalue weighted by Gasteiger charge is 2.28. The van der Waals surface area contributed by atoms with Gasteiger partial charge in [-0.1, -0.05) is 152 Å². The predicted molar refractivity (Wildman–Crippen MR) is 210 cm³/mol. The number of nitrogens with one attached hydrogen (secondary N) is 1. The average molecular weight is 688 g/mol. The first kappa shape index (κ1) is 47.0. The first-order valence-electron chi connectivity index (χ1n) is 20.2. The van der Waals surface area contributed by atoms with Gasteiger partial charge in [-0.05, 0) is 77.0 Å². The molecule has 0 heterocycles. The van der Waals surface area contributed by atoms with E-state index in [1.54, 1.807) is 6.08 Å². The summed E-state index contributed by atoms with van der Waals surface area (Å²) in [6.07, 6.45) is 45.5. The van der Waals surface area contributed by atoms with E-state index in [0.29, 0.717) is 12.8 Å². The van der Waals surface area contributed by atoms with Crippen molar-refractivity contribution in [3.63, 3.8) is 0 Å². The number of unbranched alkanes of at least 4 members (excludes halogenated alkanes) is 17. The molecule has 0 fully saturated rings. The summed E-state index contributed by atoms with van der Waals surface area (Å²) in [6, 6.07) is -1.04. The molecule has 49 heavy (non-hydrogen) atoms. The van der Waals surface area contributed by atoms with Crippen molar-refractivity contribution in [3.8, 4) is 0 Å². The van der Waals surface area contributed by atoms with E-state index < -0.39 is 36.9 Å². The Morgan fingerprint density at radius 2 is 0.939 bits per heavy atom.